The van der Waals surface area contributed by atoms with Crippen molar-refractivity contribution in [1.82, 2.24) is 15.2 Å². The Hall–Kier alpha value is -1.66. The molecule has 6 heteroatoms. The van der Waals surface area contributed by atoms with Crippen LogP contribution in [0.5, 0.6) is 0 Å². The molecule has 3 N–H and O–H groups in total. The van der Waals surface area contributed by atoms with Gasteiger partial charge in [-0.3, -0.25) is 9.59 Å². The van der Waals surface area contributed by atoms with Gasteiger partial charge in [0.1, 0.15) is 5.56 Å². The number of pyridine rings is 1. The topological polar surface area (TPSA) is 85.4 Å². The number of nitrogens with zero attached hydrogens (tertiary/aromatic N) is 1. The number of carbonyl (C=O) groups is 1. The normalized spacial score (nSPS) is 10.8. The van der Waals surface area contributed by atoms with Crippen molar-refractivity contribution in [2.75, 3.05) is 33.3 Å². The average molecular weight is 267 g/mol. The molecule has 0 aliphatic rings. The molecular formula is C13H21N3O3. The highest BCUT2D eigenvalue weighted by Gasteiger charge is 2.13. The van der Waals surface area contributed by atoms with Crippen molar-refractivity contribution in [3.8, 4) is 0 Å². The molecule has 0 fully saturated rings. The van der Waals surface area contributed by atoms with Crippen LogP contribution in [0, 0.1) is 13.8 Å². The highest BCUT2D eigenvalue weighted by Crippen LogP contribution is 2.00. The summed E-state index contributed by atoms with van der Waals surface area (Å²) in [6.45, 7) is 5.18. The zero-order valence-corrected chi connectivity index (χ0v) is 11.6. The SMILES string of the molecule is Cc1cc(=O)c(C(=O)NCCN(C)CCO)c(C)[nH]1. The van der Waals surface area contributed by atoms with Gasteiger partial charge in [-0.1, -0.05) is 0 Å². The summed E-state index contributed by atoms with van der Waals surface area (Å²) in [5.74, 6) is -0.365. The molecule has 0 saturated carbocycles. The molecule has 0 aliphatic carbocycles. The predicted molar refractivity (Wildman–Crippen MR) is 73.5 cm³/mol. The number of nitrogens with one attached hydrogen (secondary N) is 2. The molecule has 0 bridgehead atoms. The van der Waals surface area contributed by atoms with Crippen LogP contribution in [0.4, 0.5) is 0 Å². The molecule has 0 saturated heterocycles. The van der Waals surface area contributed by atoms with E-state index in [1.165, 1.54) is 6.07 Å². The maximum Gasteiger partial charge on any atom is 0.257 e. The van der Waals surface area contributed by atoms with E-state index in [9.17, 15) is 9.59 Å². The van der Waals surface area contributed by atoms with Gasteiger partial charge in [0.2, 0.25) is 0 Å². The molecule has 0 spiro atoms. The fourth-order valence-electron chi connectivity index (χ4n) is 1.86. The van der Waals surface area contributed by atoms with Gasteiger partial charge in [0, 0.05) is 37.1 Å². The quantitative estimate of drug-likeness (QED) is 0.657. The second-order valence-corrected chi connectivity index (χ2v) is 4.60. The minimum Gasteiger partial charge on any atom is -0.395 e. The summed E-state index contributed by atoms with van der Waals surface area (Å²) in [6.07, 6.45) is 0. The van der Waals surface area contributed by atoms with E-state index in [2.05, 4.69) is 10.3 Å². The maximum atomic E-state index is 11.9. The minimum atomic E-state index is -0.365. The Balaban J connectivity index is 2.62. The molecule has 1 amide bonds. The minimum absolute atomic E-state index is 0.0845. The third kappa shape index (κ3) is 4.50. The van der Waals surface area contributed by atoms with Crippen LogP contribution < -0.4 is 10.7 Å². The highest BCUT2D eigenvalue weighted by molar-refractivity contribution is 5.95. The monoisotopic (exact) mass is 267 g/mol. The number of carbonyl (C=O) groups excluding carboxylic acids is 1. The zero-order chi connectivity index (χ0) is 14.4. The number of amides is 1. The lowest BCUT2D eigenvalue weighted by atomic mass is 10.1. The number of aromatic amines is 1. The van der Waals surface area contributed by atoms with Gasteiger partial charge in [-0.25, -0.2) is 0 Å². The molecule has 0 aromatic carbocycles. The molecule has 0 aliphatic heterocycles. The van der Waals surface area contributed by atoms with E-state index in [-0.39, 0.29) is 23.5 Å². The van der Waals surface area contributed by atoms with Crippen LogP contribution in [0.2, 0.25) is 0 Å². The first-order valence-corrected chi connectivity index (χ1v) is 6.24. The van der Waals surface area contributed by atoms with E-state index in [0.29, 0.717) is 25.3 Å². The fraction of sp³-hybridized carbons (Fsp3) is 0.538. The summed E-state index contributed by atoms with van der Waals surface area (Å²) < 4.78 is 0. The first kappa shape index (κ1) is 15.4. The molecule has 0 unspecified atom stereocenters. The van der Waals surface area contributed by atoms with Crippen molar-refractivity contribution < 1.29 is 9.90 Å². The first-order chi connectivity index (χ1) is 8.95. The van der Waals surface area contributed by atoms with E-state index in [1.807, 2.05) is 11.9 Å². The van der Waals surface area contributed by atoms with Crippen LogP contribution in [0.3, 0.4) is 0 Å². The maximum absolute atomic E-state index is 11.9. The molecule has 0 atom stereocenters. The largest absolute Gasteiger partial charge is 0.395 e. The van der Waals surface area contributed by atoms with E-state index in [1.54, 1.807) is 13.8 Å². The second kappa shape index (κ2) is 7.06. The number of hydrogen-bond acceptors (Lipinski definition) is 4. The standard InChI is InChI=1S/C13H21N3O3/c1-9-8-11(18)12(10(2)15-9)13(19)14-4-5-16(3)6-7-17/h8,17H,4-7H2,1-3H3,(H,14,19)(H,15,18). The third-order valence-electron chi connectivity index (χ3n) is 2.84. The number of likely N-dealkylation sites (N-methyl/N-ethyl adjacent to an activating group) is 1. The van der Waals surface area contributed by atoms with E-state index in [0.717, 1.165) is 5.69 Å². The van der Waals surface area contributed by atoms with Gasteiger partial charge in [-0.2, -0.15) is 0 Å². The number of aromatic nitrogens is 1. The zero-order valence-electron chi connectivity index (χ0n) is 11.6. The Bertz CT molecular complexity index is 496. The Morgan fingerprint density at radius 3 is 2.68 bits per heavy atom. The summed E-state index contributed by atoms with van der Waals surface area (Å²) in [4.78, 5) is 28.6. The van der Waals surface area contributed by atoms with E-state index >= 15 is 0 Å². The smallest absolute Gasteiger partial charge is 0.257 e. The summed E-state index contributed by atoms with van der Waals surface area (Å²) in [6, 6.07) is 1.42. The van der Waals surface area contributed by atoms with Crippen LogP contribution in [-0.4, -0.2) is 54.2 Å². The van der Waals surface area contributed by atoms with Crippen LogP contribution in [0.15, 0.2) is 10.9 Å². The molecule has 1 heterocycles. The number of H-pyrrole nitrogens is 1. The fourth-order valence-corrected chi connectivity index (χ4v) is 1.86. The van der Waals surface area contributed by atoms with Gasteiger partial charge in [0.25, 0.3) is 5.91 Å². The van der Waals surface area contributed by atoms with Crippen molar-refractivity contribution in [2.45, 2.75) is 13.8 Å². The predicted octanol–water partition coefficient (Wildman–Crippen LogP) is -0.354. The van der Waals surface area contributed by atoms with E-state index in [4.69, 9.17) is 5.11 Å². The van der Waals surface area contributed by atoms with Crippen LogP contribution >= 0.6 is 0 Å². The Morgan fingerprint density at radius 1 is 1.42 bits per heavy atom. The molecule has 1 aromatic rings. The average Bonchev–Trinajstić information content (AvgIpc) is 2.27. The number of rotatable bonds is 6. The van der Waals surface area contributed by atoms with Crippen molar-refractivity contribution in [3.63, 3.8) is 0 Å². The third-order valence-corrected chi connectivity index (χ3v) is 2.84. The van der Waals surface area contributed by atoms with E-state index < -0.39 is 0 Å². The van der Waals surface area contributed by atoms with Gasteiger partial charge >= 0.3 is 0 Å². The van der Waals surface area contributed by atoms with Crippen LogP contribution in [0.25, 0.3) is 0 Å². The number of aryl methyl sites for hydroxylation is 2. The van der Waals surface area contributed by atoms with Gasteiger partial charge in [-0.15, -0.1) is 0 Å². The lowest BCUT2D eigenvalue weighted by molar-refractivity contribution is 0.0947. The summed E-state index contributed by atoms with van der Waals surface area (Å²) in [5.41, 5.74) is 1.21. The molecule has 19 heavy (non-hydrogen) atoms. The number of aliphatic hydroxyl groups excluding tert-OH is 1. The summed E-state index contributed by atoms with van der Waals surface area (Å²) in [7, 11) is 1.85. The van der Waals surface area contributed by atoms with Gasteiger partial charge in [0.05, 0.1) is 6.61 Å². The molecule has 1 rings (SSSR count). The van der Waals surface area contributed by atoms with Gasteiger partial charge in [-0.05, 0) is 20.9 Å². The molecule has 6 nitrogen and oxygen atoms in total. The highest BCUT2D eigenvalue weighted by atomic mass is 16.3. The lowest BCUT2D eigenvalue weighted by Crippen LogP contribution is -2.36. The molecule has 106 valence electrons. The van der Waals surface area contributed by atoms with Crippen molar-refractivity contribution in [3.05, 3.63) is 33.2 Å². The Labute approximate surface area is 112 Å². The first-order valence-electron chi connectivity index (χ1n) is 6.24. The van der Waals surface area contributed by atoms with Crippen molar-refractivity contribution in [1.29, 1.82) is 0 Å². The van der Waals surface area contributed by atoms with Crippen molar-refractivity contribution in [2.24, 2.45) is 0 Å². The van der Waals surface area contributed by atoms with Crippen LogP contribution in [-0.2, 0) is 0 Å². The molecular weight excluding hydrogens is 246 g/mol. The Morgan fingerprint density at radius 2 is 2.11 bits per heavy atom. The van der Waals surface area contributed by atoms with Crippen LogP contribution in [0.1, 0.15) is 21.7 Å². The van der Waals surface area contributed by atoms with Gasteiger partial charge in [0.15, 0.2) is 5.43 Å². The lowest BCUT2D eigenvalue weighted by Gasteiger charge is -2.15. The number of hydrogen-bond donors (Lipinski definition) is 3. The van der Waals surface area contributed by atoms with Gasteiger partial charge < -0.3 is 20.3 Å². The summed E-state index contributed by atoms with van der Waals surface area (Å²) in [5, 5.41) is 11.5. The summed E-state index contributed by atoms with van der Waals surface area (Å²) >= 11 is 0. The molecule has 0 radical (unpaired) electrons. The molecule has 1 aromatic heterocycles. The van der Waals surface area contributed by atoms with Crippen molar-refractivity contribution >= 4 is 5.91 Å². The Kier molecular flexibility index (Phi) is 5.72. The number of aliphatic hydroxyl groups is 1. The second-order valence-electron chi connectivity index (χ2n) is 4.60.